The number of esters is 1. The number of hydrogen-bond donors (Lipinski definition) is 1. The van der Waals surface area contributed by atoms with Gasteiger partial charge in [-0.05, 0) is 43.3 Å². The number of carbonyl (C=O) groups is 2. The Kier molecular flexibility index (Phi) is 7.11. The van der Waals surface area contributed by atoms with Crippen LogP contribution >= 0.6 is 0 Å². The van der Waals surface area contributed by atoms with Gasteiger partial charge in [0.2, 0.25) is 0 Å². The van der Waals surface area contributed by atoms with Gasteiger partial charge in [-0.15, -0.1) is 6.58 Å². The van der Waals surface area contributed by atoms with Gasteiger partial charge in [-0.2, -0.15) is 13.2 Å². The number of nitrogens with two attached hydrogens (primary N) is 1. The van der Waals surface area contributed by atoms with Gasteiger partial charge in [0, 0.05) is 0 Å². The average Bonchev–Trinajstić information content (AvgIpc) is 2.71. The lowest BCUT2D eigenvalue weighted by Gasteiger charge is -2.24. The molecule has 0 heterocycles. The van der Waals surface area contributed by atoms with Crippen molar-refractivity contribution in [3.63, 3.8) is 0 Å². The van der Waals surface area contributed by atoms with Crippen LogP contribution in [0.25, 0.3) is 0 Å². The molecule has 2 aromatic rings. The summed E-state index contributed by atoms with van der Waals surface area (Å²) >= 11 is 0. The number of hydrogen-bond acceptors (Lipinski definition) is 5. The van der Waals surface area contributed by atoms with Crippen LogP contribution in [0.2, 0.25) is 0 Å². The first-order chi connectivity index (χ1) is 14.4. The second-order valence-electron chi connectivity index (χ2n) is 6.35. The highest BCUT2D eigenvalue weighted by Crippen LogP contribution is 2.33. The van der Waals surface area contributed by atoms with Crippen LogP contribution in [0, 0.1) is 0 Å². The van der Waals surface area contributed by atoms with Crippen molar-refractivity contribution in [1.82, 2.24) is 0 Å². The highest BCUT2D eigenvalue weighted by Gasteiger charge is 2.32. The lowest BCUT2D eigenvalue weighted by Crippen LogP contribution is -2.32. The molecule has 11 heteroatoms. The number of nitrogens with zero attached hydrogens (tertiary/aromatic N) is 1. The third-order valence-electron chi connectivity index (χ3n) is 4.10. The predicted molar refractivity (Wildman–Crippen MR) is 107 cm³/mol. The van der Waals surface area contributed by atoms with E-state index < -0.39 is 39.7 Å². The molecule has 0 saturated heterocycles. The predicted octanol–water partition coefficient (Wildman–Crippen LogP) is 3.12. The monoisotopic (exact) mass is 456 g/mol. The first-order valence-corrected chi connectivity index (χ1v) is 10.2. The van der Waals surface area contributed by atoms with Crippen LogP contribution in [0.3, 0.4) is 0 Å². The number of carbonyl (C=O) groups excluding carboxylic acids is 2. The molecule has 0 spiro atoms. The molecule has 166 valence electrons. The minimum absolute atomic E-state index is 0.184. The van der Waals surface area contributed by atoms with Crippen molar-refractivity contribution in [3.8, 4) is 0 Å². The summed E-state index contributed by atoms with van der Waals surface area (Å²) in [4.78, 5) is 22.9. The van der Waals surface area contributed by atoms with Crippen molar-refractivity contribution in [2.75, 3.05) is 10.8 Å². The molecule has 0 aliphatic rings. The molecule has 1 atom stereocenters. The number of rotatable bonds is 8. The molecule has 0 aliphatic carbocycles. The molecular weight excluding hydrogens is 437 g/mol. The Morgan fingerprint density at radius 1 is 1.19 bits per heavy atom. The molecule has 0 bridgehead atoms. The molecule has 0 radical (unpaired) electrons. The summed E-state index contributed by atoms with van der Waals surface area (Å²) in [6.07, 6.45) is -4.69. The maximum Gasteiger partial charge on any atom is 0.416 e. The molecule has 2 aromatic carbocycles. The summed E-state index contributed by atoms with van der Waals surface area (Å²) in [5.74, 6) is -1.88. The van der Waals surface area contributed by atoms with Gasteiger partial charge in [-0.1, -0.05) is 18.2 Å². The molecule has 0 aliphatic heterocycles. The lowest BCUT2D eigenvalue weighted by molar-refractivity contribution is -0.137. The number of anilines is 1. The Balaban J connectivity index is 2.47. The molecule has 2 rings (SSSR count). The second kappa shape index (κ2) is 9.21. The van der Waals surface area contributed by atoms with Crippen molar-refractivity contribution in [1.29, 1.82) is 0 Å². The SMILES string of the molecule is C=CCN(c1cccc(C(F)(F)F)c1)S(=O)(=O)c1cccc(C(=O)O[C@@H](C)C(N)=O)c1. The minimum Gasteiger partial charge on any atom is -0.449 e. The van der Waals surface area contributed by atoms with Crippen LogP contribution < -0.4 is 10.0 Å². The van der Waals surface area contributed by atoms with E-state index in [0.29, 0.717) is 6.07 Å². The van der Waals surface area contributed by atoms with Gasteiger partial charge < -0.3 is 10.5 Å². The van der Waals surface area contributed by atoms with Gasteiger partial charge in [0.25, 0.3) is 15.9 Å². The fourth-order valence-electron chi connectivity index (χ4n) is 2.49. The van der Waals surface area contributed by atoms with E-state index >= 15 is 0 Å². The Labute approximate surface area is 177 Å². The molecular formula is C20H19F3N2O5S. The number of ether oxygens (including phenoxy) is 1. The fourth-order valence-corrected chi connectivity index (χ4v) is 3.97. The van der Waals surface area contributed by atoms with E-state index in [-0.39, 0.29) is 22.7 Å². The van der Waals surface area contributed by atoms with E-state index in [4.69, 9.17) is 10.5 Å². The summed E-state index contributed by atoms with van der Waals surface area (Å²) < 4.78 is 71.1. The smallest absolute Gasteiger partial charge is 0.416 e. The maximum absolute atomic E-state index is 13.2. The molecule has 0 fully saturated rings. The van der Waals surface area contributed by atoms with Crippen molar-refractivity contribution in [2.45, 2.75) is 24.1 Å². The standard InChI is InChI=1S/C20H19F3N2O5S/c1-3-10-25(16-8-5-7-15(12-16)20(21,22)23)31(28,29)17-9-4-6-14(11-17)19(27)30-13(2)18(24)26/h3-9,11-13H,1,10H2,2H3,(H2,24,26)/t13-/m0/s1. The van der Waals surface area contributed by atoms with Gasteiger partial charge in [-0.25, -0.2) is 13.2 Å². The third-order valence-corrected chi connectivity index (χ3v) is 5.89. The Bertz CT molecular complexity index is 1100. The Morgan fingerprint density at radius 3 is 2.42 bits per heavy atom. The van der Waals surface area contributed by atoms with Crippen molar-refractivity contribution < 1.29 is 35.9 Å². The maximum atomic E-state index is 13.2. The average molecular weight is 456 g/mol. The molecule has 2 N–H and O–H groups in total. The highest BCUT2D eigenvalue weighted by molar-refractivity contribution is 7.92. The van der Waals surface area contributed by atoms with E-state index in [0.717, 1.165) is 22.5 Å². The van der Waals surface area contributed by atoms with Gasteiger partial charge in [-0.3, -0.25) is 9.10 Å². The van der Waals surface area contributed by atoms with E-state index in [1.807, 2.05) is 0 Å². The topological polar surface area (TPSA) is 107 Å². The van der Waals surface area contributed by atoms with E-state index in [2.05, 4.69) is 6.58 Å². The highest BCUT2D eigenvalue weighted by atomic mass is 32.2. The van der Waals surface area contributed by atoms with E-state index in [9.17, 15) is 31.2 Å². The first-order valence-electron chi connectivity index (χ1n) is 8.79. The number of amides is 1. The zero-order chi connectivity index (χ0) is 23.4. The third kappa shape index (κ3) is 5.63. The van der Waals surface area contributed by atoms with Gasteiger partial charge in [0.15, 0.2) is 6.10 Å². The summed E-state index contributed by atoms with van der Waals surface area (Å²) in [6.45, 7) is 4.38. The molecule has 31 heavy (non-hydrogen) atoms. The van der Waals surface area contributed by atoms with Crippen LogP contribution in [0.5, 0.6) is 0 Å². The molecule has 7 nitrogen and oxygen atoms in total. The van der Waals surface area contributed by atoms with Crippen LogP contribution in [-0.2, 0) is 25.7 Å². The summed E-state index contributed by atoms with van der Waals surface area (Å²) in [5, 5.41) is 0. The normalized spacial score (nSPS) is 12.6. The van der Waals surface area contributed by atoms with Crippen LogP contribution in [0.1, 0.15) is 22.8 Å². The first kappa shape index (κ1) is 23.9. The number of primary amides is 1. The van der Waals surface area contributed by atoms with Crippen LogP contribution in [0.4, 0.5) is 18.9 Å². The van der Waals surface area contributed by atoms with Crippen molar-refractivity contribution in [2.24, 2.45) is 5.73 Å². The lowest BCUT2D eigenvalue weighted by atomic mass is 10.2. The summed E-state index contributed by atoms with van der Waals surface area (Å²) in [6, 6.07) is 8.51. The minimum atomic E-state index is -4.67. The quantitative estimate of drug-likeness (QED) is 0.485. The molecule has 0 saturated carbocycles. The Morgan fingerprint density at radius 2 is 1.84 bits per heavy atom. The number of benzene rings is 2. The van der Waals surface area contributed by atoms with E-state index in [1.165, 1.54) is 37.3 Å². The van der Waals surface area contributed by atoms with Crippen molar-refractivity contribution >= 4 is 27.6 Å². The zero-order valence-corrected chi connectivity index (χ0v) is 17.1. The van der Waals surface area contributed by atoms with Gasteiger partial charge >= 0.3 is 12.1 Å². The Hall–Kier alpha value is -3.34. The largest absolute Gasteiger partial charge is 0.449 e. The van der Waals surface area contributed by atoms with Crippen LogP contribution in [-0.4, -0.2) is 32.9 Å². The summed E-state index contributed by atoms with van der Waals surface area (Å²) in [7, 11) is -4.38. The molecule has 0 aromatic heterocycles. The fraction of sp³-hybridized carbons (Fsp3) is 0.200. The van der Waals surface area contributed by atoms with Gasteiger partial charge in [0.1, 0.15) is 0 Å². The number of alkyl halides is 3. The number of halogens is 3. The van der Waals surface area contributed by atoms with Crippen molar-refractivity contribution in [3.05, 3.63) is 72.3 Å². The second-order valence-corrected chi connectivity index (χ2v) is 8.21. The van der Waals surface area contributed by atoms with Crippen LogP contribution in [0.15, 0.2) is 66.1 Å². The molecule has 0 unspecified atom stereocenters. The molecule has 1 amide bonds. The summed E-state index contributed by atoms with van der Waals surface area (Å²) in [5.41, 5.74) is 3.60. The zero-order valence-electron chi connectivity index (χ0n) is 16.3. The van der Waals surface area contributed by atoms with E-state index in [1.54, 1.807) is 0 Å². The number of sulfonamides is 1. The van der Waals surface area contributed by atoms with Gasteiger partial charge in [0.05, 0.1) is 28.3 Å².